The second kappa shape index (κ2) is 2.60. The van der Waals surface area contributed by atoms with Crippen molar-refractivity contribution in [2.45, 2.75) is 5.92 Å². The lowest BCUT2D eigenvalue weighted by Gasteiger charge is -2.23. The van der Waals surface area contributed by atoms with E-state index in [9.17, 15) is 0 Å². The molecule has 1 fully saturated rings. The highest BCUT2D eigenvalue weighted by molar-refractivity contribution is 5.77. The van der Waals surface area contributed by atoms with Crippen molar-refractivity contribution in [2.24, 2.45) is 0 Å². The van der Waals surface area contributed by atoms with Gasteiger partial charge in [0.25, 0.3) is 0 Å². The van der Waals surface area contributed by atoms with Gasteiger partial charge in [-0.25, -0.2) is 0 Å². The molecule has 2 heterocycles. The highest BCUT2D eigenvalue weighted by Gasteiger charge is 2.23. The molecule has 1 aliphatic rings. The molecule has 0 unspecified atom stereocenters. The molecule has 1 aromatic heterocycles. The molecule has 2 heteroatoms. The fraction of sp³-hybridized carbons (Fsp3) is 0.273. The number of rotatable bonds is 1. The molecule has 2 aromatic rings. The summed E-state index contributed by atoms with van der Waals surface area (Å²) in [5.74, 6) is 1.54. The largest absolute Gasteiger partial charge is 0.461 e. The van der Waals surface area contributed by atoms with Crippen LogP contribution in [0, 0.1) is 0 Å². The van der Waals surface area contributed by atoms with Gasteiger partial charge in [-0.05, 0) is 12.1 Å². The van der Waals surface area contributed by atoms with Crippen LogP contribution in [0.1, 0.15) is 11.7 Å². The van der Waals surface area contributed by atoms with Crippen LogP contribution >= 0.6 is 0 Å². The number of hydrogen-bond acceptors (Lipinski definition) is 2. The fourth-order valence-corrected chi connectivity index (χ4v) is 1.60. The van der Waals surface area contributed by atoms with Crippen molar-refractivity contribution in [3.8, 4) is 0 Å². The molecular weight excluding hydrogens is 164 g/mol. The highest BCUT2D eigenvalue weighted by atomic mass is 16.5. The summed E-state index contributed by atoms with van der Waals surface area (Å²) in [5.41, 5.74) is 0.976. The third-order valence-electron chi connectivity index (χ3n) is 2.49. The number of benzene rings is 1. The van der Waals surface area contributed by atoms with Crippen LogP contribution in [0.25, 0.3) is 11.0 Å². The first-order valence-electron chi connectivity index (χ1n) is 4.50. The Labute approximate surface area is 76.1 Å². The first-order chi connectivity index (χ1) is 6.43. The third-order valence-corrected chi connectivity index (χ3v) is 2.49. The summed E-state index contributed by atoms with van der Waals surface area (Å²) in [5, 5.41) is 1.18. The van der Waals surface area contributed by atoms with Gasteiger partial charge in [-0.1, -0.05) is 18.2 Å². The molecule has 1 aromatic carbocycles. The topological polar surface area (TPSA) is 22.4 Å². The molecule has 0 radical (unpaired) electrons. The van der Waals surface area contributed by atoms with Crippen molar-refractivity contribution in [2.75, 3.05) is 13.2 Å². The normalized spacial score (nSPS) is 17.5. The van der Waals surface area contributed by atoms with Gasteiger partial charge in [-0.3, -0.25) is 0 Å². The monoisotopic (exact) mass is 174 g/mol. The van der Waals surface area contributed by atoms with Crippen LogP contribution in [0.2, 0.25) is 0 Å². The maximum absolute atomic E-state index is 5.69. The number of hydrogen-bond donors (Lipinski definition) is 0. The number of fused-ring (bicyclic) bond motifs is 1. The van der Waals surface area contributed by atoms with Crippen molar-refractivity contribution in [1.29, 1.82) is 0 Å². The summed E-state index contributed by atoms with van der Waals surface area (Å²) in [6.07, 6.45) is 0. The van der Waals surface area contributed by atoms with Gasteiger partial charge in [0.05, 0.1) is 19.1 Å². The van der Waals surface area contributed by atoms with Gasteiger partial charge in [0.2, 0.25) is 0 Å². The van der Waals surface area contributed by atoms with E-state index in [0.29, 0.717) is 5.92 Å². The van der Waals surface area contributed by atoms with Crippen LogP contribution in [0.15, 0.2) is 34.7 Å². The van der Waals surface area contributed by atoms with Crippen LogP contribution in [-0.4, -0.2) is 13.2 Å². The second-order valence-corrected chi connectivity index (χ2v) is 3.42. The summed E-state index contributed by atoms with van der Waals surface area (Å²) in [6, 6.07) is 10.2. The summed E-state index contributed by atoms with van der Waals surface area (Å²) in [4.78, 5) is 0. The lowest BCUT2D eigenvalue weighted by atomic mass is 10.1. The Morgan fingerprint density at radius 1 is 1.15 bits per heavy atom. The van der Waals surface area contributed by atoms with Crippen LogP contribution in [-0.2, 0) is 4.74 Å². The predicted molar refractivity (Wildman–Crippen MR) is 49.8 cm³/mol. The molecule has 2 nitrogen and oxygen atoms in total. The van der Waals surface area contributed by atoms with Gasteiger partial charge in [-0.15, -0.1) is 0 Å². The van der Waals surface area contributed by atoms with Gasteiger partial charge in [0, 0.05) is 5.39 Å². The molecular formula is C11H10O2. The van der Waals surface area contributed by atoms with E-state index in [0.717, 1.165) is 24.6 Å². The van der Waals surface area contributed by atoms with Gasteiger partial charge >= 0.3 is 0 Å². The molecule has 0 bridgehead atoms. The maximum Gasteiger partial charge on any atom is 0.134 e. The van der Waals surface area contributed by atoms with Crippen molar-refractivity contribution in [1.82, 2.24) is 0 Å². The number of para-hydroxylation sites is 1. The Balaban J connectivity index is 2.10. The molecule has 1 saturated heterocycles. The zero-order chi connectivity index (χ0) is 8.67. The average Bonchev–Trinajstić information content (AvgIpc) is 2.43. The Hall–Kier alpha value is -1.28. The van der Waals surface area contributed by atoms with E-state index in [1.165, 1.54) is 5.39 Å². The van der Waals surface area contributed by atoms with E-state index in [-0.39, 0.29) is 0 Å². The molecule has 13 heavy (non-hydrogen) atoms. The van der Waals surface area contributed by atoms with E-state index in [1.807, 2.05) is 18.2 Å². The summed E-state index contributed by atoms with van der Waals surface area (Å²) in [6.45, 7) is 1.61. The summed E-state index contributed by atoms with van der Waals surface area (Å²) < 4.78 is 10.8. The number of furan rings is 1. The van der Waals surface area contributed by atoms with Crippen LogP contribution in [0.3, 0.4) is 0 Å². The quantitative estimate of drug-likeness (QED) is 0.662. The molecule has 0 aliphatic carbocycles. The van der Waals surface area contributed by atoms with Crippen molar-refractivity contribution in [3.05, 3.63) is 36.1 Å². The maximum atomic E-state index is 5.69. The lowest BCUT2D eigenvalue weighted by molar-refractivity contribution is 0.000474. The van der Waals surface area contributed by atoms with Crippen molar-refractivity contribution < 1.29 is 9.15 Å². The smallest absolute Gasteiger partial charge is 0.134 e. The Kier molecular flexibility index (Phi) is 1.43. The molecule has 3 rings (SSSR count). The highest BCUT2D eigenvalue weighted by Crippen LogP contribution is 2.29. The molecule has 0 atom stereocenters. The molecule has 0 spiro atoms. The lowest BCUT2D eigenvalue weighted by Crippen LogP contribution is -2.24. The SMILES string of the molecule is c1ccc2oc(C3COC3)cc2c1. The molecule has 0 saturated carbocycles. The van der Waals surface area contributed by atoms with Gasteiger partial charge in [0.1, 0.15) is 11.3 Å². The Bertz CT molecular complexity index is 393. The van der Waals surface area contributed by atoms with E-state index in [2.05, 4.69) is 12.1 Å². The molecule has 0 amide bonds. The van der Waals surface area contributed by atoms with E-state index in [1.54, 1.807) is 0 Å². The van der Waals surface area contributed by atoms with E-state index >= 15 is 0 Å². The fourth-order valence-electron chi connectivity index (χ4n) is 1.60. The number of ether oxygens (including phenoxy) is 1. The minimum Gasteiger partial charge on any atom is -0.461 e. The summed E-state index contributed by atoms with van der Waals surface area (Å²) >= 11 is 0. The summed E-state index contributed by atoms with van der Waals surface area (Å²) in [7, 11) is 0. The van der Waals surface area contributed by atoms with E-state index < -0.39 is 0 Å². The van der Waals surface area contributed by atoms with Crippen LogP contribution < -0.4 is 0 Å². The molecule has 1 aliphatic heterocycles. The first kappa shape index (κ1) is 7.15. The standard InChI is InChI=1S/C11H10O2/c1-2-4-10-8(3-1)5-11(13-10)9-6-12-7-9/h1-5,9H,6-7H2. The molecule has 66 valence electrons. The van der Waals surface area contributed by atoms with E-state index in [4.69, 9.17) is 9.15 Å². The Morgan fingerprint density at radius 3 is 2.69 bits per heavy atom. The van der Waals surface area contributed by atoms with Gasteiger partial charge in [0.15, 0.2) is 0 Å². The van der Waals surface area contributed by atoms with Gasteiger partial charge < -0.3 is 9.15 Å². The van der Waals surface area contributed by atoms with Crippen LogP contribution in [0.4, 0.5) is 0 Å². The first-order valence-corrected chi connectivity index (χ1v) is 4.50. The zero-order valence-electron chi connectivity index (χ0n) is 7.19. The zero-order valence-corrected chi connectivity index (χ0v) is 7.19. The van der Waals surface area contributed by atoms with Crippen LogP contribution in [0.5, 0.6) is 0 Å². The van der Waals surface area contributed by atoms with Crippen molar-refractivity contribution >= 4 is 11.0 Å². The Morgan fingerprint density at radius 2 is 2.00 bits per heavy atom. The predicted octanol–water partition coefficient (Wildman–Crippen LogP) is 2.55. The van der Waals surface area contributed by atoms with Crippen molar-refractivity contribution in [3.63, 3.8) is 0 Å². The van der Waals surface area contributed by atoms with Gasteiger partial charge in [-0.2, -0.15) is 0 Å². The molecule has 0 N–H and O–H groups in total. The minimum atomic E-state index is 0.479. The third kappa shape index (κ3) is 1.06. The minimum absolute atomic E-state index is 0.479. The second-order valence-electron chi connectivity index (χ2n) is 3.42. The average molecular weight is 174 g/mol.